The number of carbonyl (C=O) groups is 2. The number of benzene rings is 1. The van der Waals surface area contributed by atoms with Crippen LogP contribution in [-0.4, -0.2) is 56.7 Å². The van der Waals surface area contributed by atoms with Gasteiger partial charge in [-0.25, -0.2) is 0 Å². The van der Waals surface area contributed by atoms with E-state index in [1.807, 2.05) is 30.9 Å². The zero-order valence-corrected chi connectivity index (χ0v) is 18.6. The second-order valence-corrected chi connectivity index (χ2v) is 7.94. The predicted octanol–water partition coefficient (Wildman–Crippen LogP) is 2.22. The molecule has 0 saturated heterocycles. The molecule has 2 rings (SSSR count). The topological polar surface area (TPSA) is 101 Å². The molecule has 1 aliphatic rings. The number of carbonyl (C=O) groups excluding carboxylic acids is 2. The molecule has 0 bridgehead atoms. The summed E-state index contributed by atoms with van der Waals surface area (Å²) in [4.78, 5) is 26.8. The van der Waals surface area contributed by atoms with E-state index in [1.165, 1.54) is 7.11 Å². The van der Waals surface area contributed by atoms with Crippen LogP contribution in [0.2, 0.25) is 0 Å². The summed E-state index contributed by atoms with van der Waals surface area (Å²) in [5, 5.41) is 12.3. The highest BCUT2D eigenvalue weighted by Crippen LogP contribution is 2.39. The van der Waals surface area contributed by atoms with Crippen LogP contribution in [0.4, 0.5) is 0 Å². The first-order chi connectivity index (χ1) is 14.2. The molecule has 1 aliphatic heterocycles. The molecule has 0 saturated carbocycles. The van der Waals surface area contributed by atoms with E-state index in [-0.39, 0.29) is 36.8 Å². The van der Waals surface area contributed by atoms with Crippen LogP contribution in [-0.2, 0) is 20.7 Å². The van der Waals surface area contributed by atoms with Gasteiger partial charge >= 0.3 is 5.97 Å². The normalized spacial score (nSPS) is 18.0. The van der Waals surface area contributed by atoms with Crippen molar-refractivity contribution in [3.63, 3.8) is 0 Å². The Balaban J connectivity index is 2.33. The lowest BCUT2D eigenvalue weighted by Gasteiger charge is -2.37. The SMILES string of the molecule is COC(=O)C[C@H]1c2cc(OC)c(OC)cc2CCN1CC(=O)N[C@](C)(C#N)C(C)C. The lowest BCUT2D eigenvalue weighted by Crippen LogP contribution is -2.52. The number of nitriles is 1. The third kappa shape index (κ3) is 5.03. The molecule has 30 heavy (non-hydrogen) atoms. The van der Waals surface area contributed by atoms with Gasteiger partial charge in [-0.2, -0.15) is 5.26 Å². The van der Waals surface area contributed by atoms with Gasteiger partial charge in [0.15, 0.2) is 11.5 Å². The van der Waals surface area contributed by atoms with Gasteiger partial charge in [-0.05, 0) is 42.5 Å². The van der Waals surface area contributed by atoms with E-state index >= 15 is 0 Å². The summed E-state index contributed by atoms with van der Waals surface area (Å²) in [5.41, 5.74) is 0.991. The van der Waals surface area contributed by atoms with Gasteiger partial charge in [0, 0.05) is 12.6 Å². The average molecular weight is 418 g/mol. The number of fused-ring (bicyclic) bond motifs is 1. The highest BCUT2D eigenvalue weighted by molar-refractivity contribution is 5.79. The lowest BCUT2D eigenvalue weighted by atomic mass is 9.89. The number of esters is 1. The van der Waals surface area contributed by atoms with Crippen LogP contribution in [0.3, 0.4) is 0 Å². The van der Waals surface area contributed by atoms with Gasteiger partial charge in [0.05, 0.1) is 40.4 Å². The fourth-order valence-corrected chi connectivity index (χ4v) is 3.56. The Bertz CT molecular complexity index is 833. The predicted molar refractivity (Wildman–Crippen MR) is 111 cm³/mol. The number of methoxy groups -OCH3 is 3. The van der Waals surface area contributed by atoms with Gasteiger partial charge in [-0.1, -0.05) is 13.8 Å². The van der Waals surface area contributed by atoms with Gasteiger partial charge in [-0.3, -0.25) is 14.5 Å². The van der Waals surface area contributed by atoms with Crippen LogP contribution in [0.15, 0.2) is 12.1 Å². The molecule has 1 amide bonds. The Morgan fingerprint density at radius 2 is 1.90 bits per heavy atom. The summed E-state index contributed by atoms with van der Waals surface area (Å²) in [6.45, 7) is 6.15. The minimum absolute atomic E-state index is 0.0453. The Morgan fingerprint density at radius 1 is 1.27 bits per heavy atom. The molecule has 1 aromatic rings. The number of amides is 1. The van der Waals surface area contributed by atoms with E-state index in [0.29, 0.717) is 24.5 Å². The summed E-state index contributed by atoms with van der Waals surface area (Å²) in [6.07, 6.45) is 0.798. The number of hydrogen-bond acceptors (Lipinski definition) is 7. The molecule has 1 aromatic carbocycles. The number of nitrogens with one attached hydrogen (secondary N) is 1. The van der Waals surface area contributed by atoms with E-state index < -0.39 is 5.54 Å². The number of rotatable bonds is 8. The number of nitrogens with zero attached hydrogens (tertiary/aromatic N) is 2. The van der Waals surface area contributed by atoms with Gasteiger partial charge in [-0.15, -0.1) is 0 Å². The second-order valence-electron chi connectivity index (χ2n) is 7.94. The quantitative estimate of drug-likeness (QED) is 0.647. The van der Waals surface area contributed by atoms with Gasteiger partial charge in [0.1, 0.15) is 5.54 Å². The molecule has 2 atom stereocenters. The van der Waals surface area contributed by atoms with Crippen molar-refractivity contribution < 1.29 is 23.8 Å². The Kier molecular flexibility index (Phi) is 7.68. The van der Waals surface area contributed by atoms with Crippen LogP contribution in [0.25, 0.3) is 0 Å². The molecule has 0 radical (unpaired) electrons. The first-order valence-electron chi connectivity index (χ1n) is 9.97. The van der Waals surface area contributed by atoms with Gasteiger partial charge in [0.2, 0.25) is 5.91 Å². The van der Waals surface area contributed by atoms with Gasteiger partial charge < -0.3 is 19.5 Å². The van der Waals surface area contributed by atoms with Crippen molar-refractivity contribution in [2.75, 3.05) is 34.4 Å². The summed E-state index contributed by atoms with van der Waals surface area (Å²) >= 11 is 0. The molecule has 164 valence electrons. The van der Waals surface area contributed by atoms with Crippen LogP contribution >= 0.6 is 0 Å². The fraction of sp³-hybridized carbons (Fsp3) is 0.591. The fourth-order valence-electron chi connectivity index (χ4n) is 3.56. The largest absolute Gasteiger partial charge is 0.493 e. The van der Waals surface area contributed by atoms with Crippen LogP contribution in [0, 0.1) is 17.2 Å². The maximum atomic E-state index is 12.8. The van der Waals surface area contributed by atoms with Crippen molar-refractivity contribution in [1.29, 1.82) is 5.26 Å². The molecular formula is C22H31N3O5. The summed E-state index contributed by atoms with van der Waals surface area (Å²) in [5.74, 6) is 0.523. The highest BCUT2D eigenvalue weighted by atomic mass is 16.5. The molecular weight excluding hydrogens is 386 g/mol. The zero-order valence-electron chi connectivity index (χ0n) is 18.6. The van der Waals surface area contributed by atoms with Crippen LogP contribution in [0.5, 0.6) is 11.5 Å². The van der Waals surface area contributed by atoms with E-state index in [2.05, 4.69) is 11.4 Å². The van der Waals surface area contributed by atoms with Crippen molar-refractivity contribution >= 4 is 11.9 Å². The maximum Gasteiger partial charge on any atom is 0.307 e. The molecule has 0 spiro atoms. The molecule has 1 heterocycles. The molecule has 0 unspecified atom stereocenters. The van der Waals surface area contributed by atoms with E-state index in [9.17, 15) is 14.9 Å². The van der Waals surface area contributed by atoms with Crippen molar-refractivity contribution in [1.82, 2.24) is 10.2 Å². The summed E-state index contributed by atoms with van der Waals surface area (Å²) in [6, 6.07) is 5.62. The van der Waals surface area contributed by atoms with E-state index in [4.69, 9.17) is 14.2 Å². The van der Waals surface area contributed by atoms with Crippen molar-refractivity contribution in [3.05, 3.63) is 23.3 Å². The first-order valence-corrected chi connectivity index (χ1v) is 9.97. The van der Waals surface area contributed by atoms with Crippen molar-refractivity contribution in [2.24, 2.45) is 5.92 Å². The van der Waals surface area contributed by atoms with Gasteiger partial charge in [0.25, 0.3) is 0 Å². The molecule has 0 fully saturated rings. The molecule has 1 N–H and O–H groups in total. The number of ether oxygens (including phenoxy) is 3. The monoisotopic (exact) mass is 417 g/mol. The van der Waals surface area contributed by atoms with Crippen LogP contribution < -0.4 is 14.8 Å². The lowest BCUT2D eigenvalue weighted by molar-refractivity contribution is -0.142. The molecule has 8 nitrogen and oxygen atoms in total. The van der Waals surface area contributed by atoms with E-state index in [0.717, 1.165) is 11.1 Å². The second kappa shape index (κ2) is 9.81. The minimum Gasteiger partial charge on any atom is -0.493 e. The minimum atomic E-state index is -0.959. The third-order valence-electron chi connectivity index (χ3n) is 5.83. The Hall–Kier alpha value is -2.79. The van der Waals surface area contributed by atoms with Crippen LogP contribution in [0.1, 0.15) is 44.4 Å². The standard InChI is InChI=1S/C22H31N3O5/c1-14(2)22(3,13-23)24-20(26)12-25-8-7-15-9-18(28-4)19(29-5)10-16(15)17(25)11-21(27)30-6/h9-10,14,17H,7-8,11-12H2,1-6H3,(H,24,26)/t17-,22+/m0/s1. The smallest absolute Gasteiger partial charge is 0.307 e. The number of hydrogen-bond donors (Lipinski definition) is 1. The first kappa shape index (κ1) is 23.5. The van der Waals surface area contributed by atoms with Crippen molar-refractivity contribution in [2.45, 2.75) is 45.2 Å². The summed E-state index contributed by atoms with van der Waals surface area (Å²) in [7, 11) is 4.48. The average Bonchev–Trinajstić information content (AvgIpc) is 2.73. The Labute approximate surface area is 178 Å². The molecule has 8 heteroatoms. The highest BCUT2D eigenvalue weighted by Gasteiger charge is 2.35. The molecule has 0 aliphatic carbocycles. The van der Waals surface area contributed by atoms with E-state index in [1.54, 1.807) is 21.1 Å². The molecule has 0 aromatic heterocycles. The third-order valence-corrected chi connectivity index (χ3v) is 5.83. The maximum absolute atomic E-state index is 12.8. The zero-order chi connectivity index (χ0) is 22.5. The summed E-state index contributed by atoms with van der Waals surface area (Å²) < 4.78 is 15.7. The van der Waals surface area contributed by atoms with Crippen molar-refractivity contribution in [3.8, 4) is 17.6 Å². The Morgan fingerprint density at radius 3 is 2.43 bits per heavy atom.